The van der Waals surface area contributed by atoms with Crippen LogP contribution in [0, 0.1) is 0 Å². The summed E-state index contributed by atoms with van der Waals surface area (Å²) >= 11 is 0. The van der Waals surface area contributed by atoms with Gasteiger partial charge in [0.25, 0.3) is 11.5 Å². The van der Waals surface area contributed by atoms with E-state index in [0.717, 1.165) is 12.8 Å². The minimum Gasteiger partial charge on any atom is -0.506 e. The molecule has 1 amide bonds. The van der Waals surface area contributed by atoms with Crippen molar-refractivity contribution in [1.82, 2.24) is 4.57 Å². The first-order valence-corrected chi connectivity index (χ1v) is 8.54. The summed E-state index contributed by atoms with van der Waals surface area (Å²) in [5, 5.41) is 13.7. The Morgan fingerprint density at radius 3 is 2.54 bits per heavy atom. The van der Waals surface area contributed by atoms with Gasteiger partial charge in [0, 0.05) is 23.3 Å². The van der Waals surface area contributed by atoms with Crippen LogP contribution < -0.4 is 16.6 Å². The Hall–Kier alpha value is -3.28. The largest absolute Gasteiger partial charge is 0.506 e. The van der Waals surface area contributed by atoms with Gasteiger partial charge in [0.05, 0.1) is 5.52 Å². The normalized spacial score (nSPS) is 10.8. The Bertz CT molecular complexity index is 1010. The fourth-order valence-electron chi connectivity index (χ4n) is 2.89. The molecule has 0 radical (unpaired) electrons. The molecule has 4 N–H and O–H groups in total. The number of nitrogen functional groups attached to an aromatic ring is 1. The Morgan fingerprint density at radius 2 is 1.85 bits per heavy atom. The first-order valence-electron chi connectivity index (χ1n) is 8.54. The number of para-hydroxylation sites is 1. The third-order valence-corrected chi connectivity index (χ3v) is 4.28. The maximum absolute atomic E-state index is 12.9. The fourth-order valence-corrected chi connectivity index (χ4v) is 2.89. The van der Waals surface area contributed by atoms with Gasteiger partial charge >= 0.3 is 0 Å². The van der Waals surface area contributed by atoms with Gasteiger partial charge in [-0.15, -0.1) is 0 Å². The molecule has 0 unspecified atom stereocenters. The number of benzene rings is 2. The van der Waals surface area contributed by atoms with E-state index in [1.165, 1.54) is 0 Å². The van der Waals surface area contributed by atoms with Crippen LogP contribution in [-0.2, 0) is 6.54 Å². The average molecular weight is 351 g/mol. The van der Waals surface area contributed by atoms with E-state index >= 15 is 0 Å². The number of hydrogen-bond acceptors (Lipinski definition) is 4. The highest BCUT2D eigenvalue weighted by atomic mass is 16.3. The van der Waals surface area contributed by atoms with Crippen molar-refractivity contribution in [1.29, 1.82) is 0 Å². The molecule has 3 rings (SSSR count). The van der Waals surface area contributed by atoms with Gasteiger partial charge in [-0.05, 0) is 42.8 Å². The van der Waals surface area contributed by atoms with E-state index in [4.69, 9.17) is 5.73 Å². The first kappa shape index (κ1) is 17.5. The number of nitrogens with one attached hydrogen (secondary N) is 1. The smallest absolute Gasteiger partial charge is 0.267 e. The summed E-state index contributed by atoms with van der Waals surface area (Å²) in [7, 11) is 0. The van der Waals surface area contributed by atoms with Crippen LogP contribution >= 0.6 is 0 Å². The molecule has 2 aromatic carbocycles. The predicted octanol–water partition coefficient (Wildman–Crippen LogP) is 3.34. The molecule has 3 aromatic rings. The molecule has 0 aliphatic rings. The number of rotatable bonds is 5. The van der Waals surface area contributed by atoms with Crippen molar-refractivity contribution in [2.24, 2.45) is 0 Å². The molecule has 0 bridgehead atoms. The van der Waals surface area contributed by atoms with E-state index in [0.29, 0.717) is 28.8 Å². The Balaban J connectivity index is 2.11. The molecule has 0 atom stereocenters. The summed E-state index contributed by atoms with van der Waals surface area (Å²) in [6.45, 7) is 2.51. The zero-order valence-corrected chi connectivity index (χ0v) is 14.5. The van der Waals surface area contributed by atoms with Crippen LogP contribution in [0.3, 0.4) is 0 Å². The lowest BCUT2D eigenvalue weighted by molar-refractivity contribution is 0.102. The number of aromatic hydroxyl groups is 1. The monoisotopic (exact) mass is 351 g/mol. The third-order valence-electron chi connectivity index (χ3n) is 4.28. The highest BCUT2D eigenvalue weighted by Crippen LogP contribution is 2.27. The topological polar surface area (TPSA) is 97.4 Å². The number of anilines is 2. The van der Waals surface area contributed by atoms with Crippen molar-refractivity contribution in [3.8, 4) is 5.75 Å². The number of carbonyl (C=O) groups excluding carboxylic acids is 1. The molecule has 0 saturated heterocycles. The van der Waals surface area contributed by atoms with E-state index in [1.807, 2.05) is 6.92 Å². The van der Waals surface area contributed by atoms with Crippen LogP contribution in [0.5, 0.6) is 5.75 Å². The number of nitrogens with zero attached hydrogens (tertiary/aromatic N) is 1. The molecular formula is C20H21N3O3. The van der Waals surface area contributed by atoms with Gasteiger partial charge in [-0.1, -0.05) is 25.5 Å². The lowest BCUT2D eigenvalue weighted by atomic mass is 10.1. The number of carbonyl (C=O) groups is 1. The SMILES string of the molecule is CCCCn1c(=O)c(C(=O)Nc2ccc(N)cc2)c(O)c2ccccc21. The van der Waals surface area contributed by atoms with Crippen molar-refractivity contribution in [2.45, 2.75) is 26.3 Å². The molecule has 0 fully saturated rings. The zero-order chi connectivity index (χ0) is 18.7. The standard InChI is InChI=1S/C20H21N3O3/c1-2-3-12-23-16-7-5-4-6-15(16)18(24)17(20(23)26)19(25)22-14-10-8-13(21)9-11-14/h4-11,24H,2-3,12,21H2,1H3,(H,22,25). The summed E-state index contributed by atoms with van der Waals surface area (Å²) in [4.78, 5) is 25.6. The molecule has 0 spiro atoms. The van der Waals surface area contributed by atoms with Crippen LogP contribution in [0.4, 0.5) is 11.4 Å². The number of amides is 1. The summed E-state index contributed by atoms with van der Waals surface area (Å²) in [5.74, 6) is -0.945. The molecule has 0 aliphatic heterocycles. The van der Waals surface area contributed by atoms with Gasteiger partial charge in [-0.2, -0.15) is 0 Å². The Kier molecular flexibility index (Phi) is 4.93. The lowest BCUT2D eigenvalue weighted by Gasteiger charge is -2.15. The molecule has 6 heteroatoms. The second-order valence-corrected chi connectivity index (χ2v) is 6.13. The number of fused-ring (bicyclic) bond motifs is 1. The number of pyridine rings is 1. The first-order chi connectivity index (χ1) is 12.5. The quantitative estimate of drug-likeness (QED) is 0.614. The highest BCUT2D eigenvalue weighted by molar-refractivity contribution is 6.09. The summed E-state index contributed by atoms with van der Waals surface area (Å²) in [6.07, 6.45) is 1.71. The van der Waals surface area contributed by atoms with E-state index in [9.17, 15) is 14.7 Å². The number of hydrogen-bond donors (Lipinski definition) is 3. The summed E-state index contributed by atoms with van der Waals surface area (Å²) in [5.41, 5.74) is 6.57. The second kappa shape index (κ2) is 7.31. The molecule has 6 nitrogen and oxygen atoms in total. The van der Waals surface area contributed by atoms with Gasteiger partial charge in [0.2, 0.25) is 0 Å². The van der Waals surface area contributed by atoms with Crippen LogP contribution in [-0.4, -0.2) is 15.6 Å². The third kappa shape index (κ3) is 3.26. The van der Waals surface area contributed by atoms with E-state index in [2.05, 4.69) is 5.32 Å². The second-order valence-electron chi connectivity index (χ2n) is 6.13. The Morgan fingerprint density at radius 1 is 1.15 bits per heavy atom. The van der Waals surface area contributed by atoms with Crippen LogP contribution in [0.25, 0.3) is 10.9 Å². The molecule has 1 heterocycles. The number of aryl methyl sites for hydroxylation is 1. The molecular weight excluding hydrogens is 330 g/mol. The Labute approximate surface area is 150 Å². The minimum absolute atomic E-state index is 0.253. The van der Waals surface area contributed by atoms with E-state index in [1.54, 1.807) is 53.1 Å². The van der Waals surface area contributed by atoms with Crippen LogP contribution in [0.1, 0.15) is 30.1 Å². The molecule has 0 aliphatic carbocycles. The lowest BCUT2D eigenvalue weighted by Crippen LogP contribution is -2.30. The summed E-state index contributed by atoms with van der Waals surface area (Å²) < 4.78 is 1.55. The van der Waals surface area contributed by atoms with Crippen molar-refractivity contribution >= 4 is 28.2 Å². The zero-order valence-electron chi connectivity index (χ0n) is 14.5. The molecule has 26 heavy (non-hydrogen) atoms. The molecule has 134 valence electrons. The average Bonchev–Trinajstić information content (AvgIpc) is 2.64. The number of unbranched alkanes of at least 4 members (excludes halogenated alkanes) is 1. The van der Waals surface area contributed by atoms with Crippen molar-refractivity contribution < 1.29 is 9.90 Å². The minimum atomic E-state index is -0.645. The highest BCUT2D eigenvalue weighted by Gasteiger charge is 2.22. The van der Waals surface area contributed by atoms with Crippen molar-refractivity contribution in [3.63, 3.8) is 0 Å². The summed E-state index contributed by atoms with van der Waals surface area (Å²) in [6, 6.07) is 13.6. The van der Waals surface area contributed by atoms with Gasteiger partial charge in [0.1, 0.15) is 11.3 Å². The number of aromatic nitrogens is 1. The van der Waals surface area contributed by atoms with Crippen molar-refractivity contribution in [2.75, 3.05) is 11.1 Å². The van der Waals surface area contributed by atoms with E-state index in [-0.39, 0.29) is 11.3 Å². The van der Waals surface area contributed by atoms with Gasteiger partial charge in [0.15, 0.2) is 0 Å². The van der Waals surface area contributed by atoms with Crippen LogP contribution in [0.15, 0.2) is 53.3 Å². The fraction of sp³-hybridized carbons (Fsp3) is 0.200. The maximum Gasteiger partial charge on any atom is 0.267 e. The van der Waals surface area contributed by atoms with E-state index < -0.39 is 11.5 Å². The number of nitrogens with two attached hydrogens (primary N) is 1. The van der Waals surface area contributed by atoms with Gasteiger partial charge in [-0.25, -0.2) is 0 Å². The van der Waals surface area contributed by atoms with Gasteiger partial charge in [-0.3, -0.25) is 9.59 Å². The van der Waals surface area contributed by atoms with Gasteiger partial charge < -0.3 is 20.7 Å². The predicted molar refractivity (Wildman–Crippen MR) is 104 cm³/mol. The molecule has 0 saturated carbocycles. The van der Waals surface area contributed by atoms with Crippen molar-refractivity contribution in [3.05, 3.63) is 64.4 Å². The molecule has 1 aromatic heterocycles. The maximum atomic E-state index is 12.9. The van der Waals surface area contributed by atoms with Crippen LogP contribution in [0.2, 0.25) is 0 Å².